The molecule has 0 amide bonds. The third-order valence-corrected chi connectivity index (χ3v) is 17.9. The Kier molecular flexibility index (Phi) is 17.8. The fourth-order valence-electron chi connectivity index (χ4n) is 8.47. The van der Waals surface area contributed by atoms with Gasteiger partial charge in [0.05, 0.1) is 37.1 Å². The minimum atomic E-state index is -0.397. The van der Waals surface area contributed by atoms with Gasteiger partial charge in [-0.2, -0.15) is 0 Å². The molecule has 0 fully saturated rings. The highest BCUT2D eigenvalue weighted by Crippen LogP contribution is 2.42. The summed E-state index contributed by atoms with van der Waals surface area (Å²) in [6, 6.07) is 3.65. The van der Waals surface area contributed by atoms with Crippen molar-refractivity contribution in [2.45, 2.75) is 163 Å². The highest BCUT2D eigenvalue weighted by molar-refractivity contribution is 9.11. The number of fused-ring (bicyclic) bond motifs is 6. The van der Waals surface area contributed by atoms with Gasteiger partial charge in [0.2, 0.25) is 0 Å². The van der Waals surface area contributed by atoms with Crippen LogP contribution < -0.4 is 22.2 Å². The lowest BCUT2D eigenvalue weighted by molar-refractivity contribution is 0.263. The first-order chi connectivity index (χ1) is 29.0. The Labute approximate surface area is 386 Å². The van der Waals surface area contributed by atoms with Crippen molar-refractivity contribution in [3.8, 4) is 10.0 Å². The quantitative estimate of drug-likeness (QED) is 0.0560. The third-order valence-electron chi connectivity index (χ3n) is 12.1. The van der Waals surface area contributed by atoms with Gasteiger partial charge in [-0.15, -0.1) is 45.3 Å². The van der Waals surface area contributed by atoms with Gasteiger partial charge in [-0.3, -0.25) is 28.3 Å². The van der Waals surface area contributed by atoms with Crippen LogP contribution in [0.4, 0.5) is 0 Å². The Hall–Kier alpha value is -2.10. The predicted octanol–water partition coefficient (Wildman–Crippen LogP) is 14.5. The highest BCUT2D eigenvalue weighted by Gasteiger charge is 2.25. The van der Waals surface area contributed by atoms with E-state index in [1.54, 1.807) is 0 Å². The number of aromatic nitrogens is 4. The van der Waals surface area contributed by atoms with E-state index in [9.17, 15) is 19.2 Å². The average molecular weight is 1020 g/mol. The van der Waals surface area contributed by atoms with Gasteiger partial charge >= 0.3 is 0 Å². The van der Waals surface area contributed by atoms with E-state index < -0.39 is 5.56 Å². The molecule has 0 aliphatic carbocycles. The molecular weight excluding hydrogens is 961 g/mol. The first kappa shape index (κ1) is 47.4. The van der Waals surface area contributed by atoms with Crippen LogP contribution in [0.25, 0.3) is 50.6 Å². The molecule has 6 aromatic heterocycles. The highest BCUT2D eigenvalue weighted by atomic mass is 79.9. The Bertz CT molecular complexity index is 2640. The molecule has 14 heteroatoms. The van der Waals surface area contributed by atoms with E-state index in [1.165, 1.54) is 112 Å². The lowest BCUT2D eigenvalue weighted by Gasteiger charge is -2.24. The van der Waals surface area contributed by atoms with Gasteiger partial charge in [0.15, 0.2) is 10.0 Å². The Morgan fingerprint density at radius 1 is 0.517 bits per heavy atom. The van der Waals surface area contributed by atoms with Crippen LogP contribution in [0, 0.1) is 17.8 Å². The van der Waals surface area contributed by atoms with E-state index in [1.807, 2.05) is 12.1 Å². The molecule has 6 heterocycles. The number of hydrogen-bond acceptors (Lipinski definition) is 10. The number of halogens is 2. The molecule has 6 aromatic rings. The minimum absolute atomic E-state index is 0.143. The Morgan fingerprint density at radius 2 is 0.933 bits per heavy atom. The average Bonchev–Trinajstić information content (AvgIpc) is 4.03. The van der Waals surface area contributed by atoms with Crippen molar-refractivity contribution in [3.63, 3.8) is 0 Å². The molecule has 0 aliphatic heterocycles. The fourth-order valence-corrected chi connectivity index (χ4v) is 14.1. The molecular formula is C46H60Br2N4O4S4. The maximum Gasteiger partial charge on any atom is 0.280 e. The first-order valence-electron chi connectivity index (χ1n) is 22.3. The van der Waals surface area contributed by atoms with Gasteiger partial charge in [-0.05, 0) is 74.6 Å². The van der Waals surface area contributed by atoms with Crippen LogP contribution in [0.5, 0.6) is 0 Å². The van der Waals surface area contributed by atoms with Crippen molar-refractivity contribution in [3.05, 3.63) is 61.1 Å². The summed E-state index contributed by atoms with van der Waals surface area (Å²) in [6.07, 6.45) is 20.8. The van der Waals surface area contributed by atoms with Crippen LogP contribution in [-0.4, -0.2) is 19.1 Å². The topological polar surface area (TPSA) is 104 Å². The van der Waals surface area contributed by atoms with Gasteiger partial charge in [-0.1, -0.05) is 137 Å². The molecule has 6 rings (SSSR count). The summed E-state index contributed by atoms with van der Waals surface area (Å²) in [5.41, 5.74) is -0.835. The van der Waals surface area contributed by atoms with E-state index in [4.69, 9.17) is 9.97 Å². The molecule has 0 spiro atoms. The van der Waals surface area contributed by atoms with E-state index in [-0.39, 0.29) is 39.5 Å². The number of nitrogens with zero attached hydrogens (tertiary/aromatic N) is 4. The van der Waals surface area contributed by atoms with Crippen LogP contribution in [0.2, 0.25) is 0 Å². The van der Waals surface area contributed by atoms with Gasteiger partial charge in [0, 0.05) is 13.1 Å². The van der Waals surface area contributed by atoms with Gasteiger partial charge < -0.3 is 0 Å². The molecule has 0 radical (unpaired) electrons. The summed E-state index contributed by atoms with van der Waals surface area (Å²) >= 11 is 12.8. The third kappa shape index (κ3) is 11.2. The normalized spacial score (nSPS) is 13.7. The standard InChI is InChI=1S/C46H60Br2N4O4S4/c1-6-9-12-14-16-19-21-28(4)26-51-43(53)31-24-33(47)57-37(31)39-35(45(51)55)49-41(59-39)42-50-36-40(60-42)38-32(25-34(48)58-38)44(54)52(46(36)56)27-30(29(5)22-18-11-8-3)23-20-17-15-13-10-7-2/h24-25,28-30H,6-23,26-27H2,1-5H3. The number of thiazole rings is 2. The number of hydrogen-bond donors (Lipinski definition) is 0. The van der Waals surface area contributed by atoms with E-state index in [0.29, 0.717) is 53.9 Å². The van der Waals surface area contributed by atoms with Crippen molar-refractivity contribution in [1.29, 1.82) is 0 Å². The molecule has 3 unspecified atom stereocenters. The summed E-state index contributed by atoms with van der Waals surface area (Å²) in [7, 11) is 0. The minimum Gasteiger partial charge on any atom is -0.273 e. The summed E-state index contributed by atoms with van der Waals surface area (Å²) < 4.78 is 7.20. The molecule has 0 N–H and O–H groups in total. The van der Waals surface area contributed by atoms with Gasteiger partial charge in [0.1, 0.15) is 11.0 Å². The predicted molar refractivity (Wildman–Crippen MR) is 267 cm³/mol. The van der Waals surface area contributed by atoms with E-state index >= 15 is 0 Å². The SMILES string of the molecule is CCCCCCCCC(C)Cn1c(=O)c2cc(Br)sc2c2sc(-c3nc4c(=O)n(CC(CCCCCCCC)C(C)CCCCC)c(=O)c5cc(Br)sc5c4s3)nc2c1=O. The largest absolute Gasteiger partial charge is 0.280 e. The van der Waals surface area contributed by atoms with Crippen molar-refractivity contribution in [2.75, 3.05) is 0 Å². The van der Waals surface area contributed by atoms with Gasteiger partial charge in [-0.25, -0.2) is 9.97 Å². The molecule has 0 aromatic carbocycles. The second-order valence-electron chi connectivity index (χ2n) is 16.9. The van der Waals surface area contributed by atoms with Crippen LogP contribution >= 0.6 is 77.2 Å². The summed E-state index contributed by atoms with van der Waals surface area (Å²) in [5.74, 6) is 0.695. The van der Waals surface area contributed by atoms with Crippen molar-refractivity contribution >= 4 is 118 Å². The Balaban J connectivity index is 1.42. The number of unbranched alkanes of at least 4 members (excludes halogenated alkanes) is 12. The zero-order valence-electron chi connectivity index (χ0n) is 35.8. The monoisotopic (exact) mass is 1020 g/mol. The maximum absolute atomic E-state index is 14.7. The smallest absolute Gasteiger partial charge is 0.273 e. The molecule has 8 nitrogen and oxygen atoms in total. The lowest BCUT2D eigenvalue weighted by Crippen LogP contribution is -2.34. The second kappa shape index (κ2) is 22.5. The van der Waals surface area contributed by atoms with Crippen LogP contribution in [0.3, 0.4) is 0 Å². The van der Waals surface area contributed by atoms with Crippen LogP contribution in [-0.2, 0) is 13.1 Å². The molecule has 60 heavy (non-hydrogen) atoms. The molecule has 326 valence electrons. The molecule has 0 aliphatic rings. The van der Waals surface area contributed by atoms with Gasteiger partial charge in [0.25, 0.3) is 22.2 Å². The van der Waals surface area contributed by atoms with E-state index in [2.05, 4.69) is 66.5 Å². The van der Waals surface area contributed by atoms with Crippen molar-refractivity contribution in [1.82, 2.24) is 19.1 Å². The molecule has 3 atom stereocenters. The van der Waals surface area contributed by atoms with Crippen LogP contribution in [0.1, 0.15) is 150 Å². The van der Waals surface area contributed by atoms with Crippen molar-refractivity contribution < 1.29 is 0 Å². The summed E-state index contributed by atoms with van der Waals surface area (Å²) in [5, 5.41) is 2.04. The second-order valence-corrected chi connectivity index (χ2v) is 23.7. The maximum atomic E-state index is 14.7. The molecule has 0 saturated carbocycles. The molecule has 0 saturated heterocycles. The fraction of sp³-hybridized carbons (Fsp3) is 0.609. The zero-order chi connectivity index (χ0) is 42.9. The van der Waals surface area contributed by atoms with E-state index in [0.717, 1.165) is 70.1 Å². The summed E-state index contributed by atoms with van der Waals surface area (Å²) in [6.45, 7) is 11.8. The molecule has 0 bridgehead atoms. The first-order valence-corrected chi connectivity index (χ1v) is 27.2. The van der Waals surface area contributed by atoms with Crippen LogP contribution in [0.15, 0.2) is 38.9 Å². The number of rotatable bonds is 24. The van der Waals surface area contributed by atoms with Crippen molar-refractivity contribution in [2.24, 2.45) is 17.8 Å². The summed E-state index contributed by atoms with van der Waals surface area (Å²) in [4.78, 5) is 67.4. The number of thiophene rings is 2. The lowest BCUT2D eigenvalue weighted by atomic mass is 9.85. The Morgan fingerprint density at radius 3 is 1.43 bits per heavy atom. The zero-order valence-corrected chi connectivity index (χ0v) is 42.3.